The highest BCUT2D eigenvalue weighted by molar-refractivity contribution is 6.30. The van der Waals surface area contributed by atoms with Gasteiger partial charge in [-0.25, -0.2) is 0 Å². The molecule has 0 unspecified atom stereocenters. The number of carbonyl (C=O) groups excluding carboxylic acids is 1. The van der Waals surface area contributed by atoms with Gasteiger partial charge in [-0.2, -0.15) is 13.2 Å². The van der Waals surface area contributed by atoms with Gasteiger partial charge in [0, 0.05) is 16.1 Å². The normalized spacial score (nSPS) is 17.2. The average molecular weight is 512 g/mol. The largest absolute Gasteiger partial charge is 0.493 e. The minimum absolute atomic E-state index is 0.0923. The second-order valence-electron chi connectivity index (χ2n) is 7.51. The van der Waals surface area contributed by atoms with Crippen LogP contribution in [0.2, 0.25) is 5.02 Å². The molecule has 0 spiro atoms. The lowest BCUT2D eigenvalue weighted by Crippen LogP contribution is -2.18. The van der Waals surface area contributed by atoms with Crippen molar-refractivity contribution in [3.8, 4) is 17.2 Å². The number of rotatable bonds is 6. The molecule has 2 atom stereocenters. The SMILES string of the molecule is CCOC(=O)C[C@@H]1O[C@@H](c2cccc(OC)c2OC)c2cc(Cl)ccc2-n2c1nnc2C(F)(F)F. The number of hydrogen-bond donors (Lipinski definition) is 0. The lowest BCUT2D eigenvalue weighted by Gasteiger charge is -2.24. The van der Waals surface area contributed by atoms with Gasteiger partial charge in [0.25, 0.3) is 0 Å². The topological polar surface area (TPSA) is 84.7 Å². The van der Waals surface area contributed by atoms with E-state index in [4.69, 9.17) is 30.5 Å². The molecular formula is C23H21ClF3N3O5. The molecule has 0 bridgehead atoms. The molecule has 0 aliphatic carbocycles. The van der Waals surface area contributed by atoms with Crippen LogP contribution in [-0.2, 0) is 20.4 Å². The molecule has 8 nitrogen and oxygen atoms in total. The van der Waals surface area contributed by atoms with Crippen molar-refractivity contribution in [2.24, 2.45) is 0 Å². The minimum atomic E-state index is -4.83. The molecule has 1 aliphatic rings. The van der Waals surface area contributed by atoms with Crippen LogP contribution in [0.15, 0.2) is 36.4 Å². The van der Waals surface area contributed by atoms with E-state index in [9.17, 15) is 18.0 Å². The molecule has 4 rings (SSSR count). The lowest BCUT2D eigenvalue weighted by molar-refractivity contribution is -0.147. The van der Waals surface area contributed by atoms with Crippen molar-refractivity contribution in [3.05, 3.63) is 64.2 Å². The van der Waals surface area contributed by atoms with E-state index in [1.165, 1.54) is 32.4 Å². The maximum atomic E-state index is 13.9. The van der Waals surface area contributed by atoms with Gasteiger partial charge in [0.2, 0.25) is 5.82 Å². The van der Waals surface area contributed by atoms with E-state index in [1.807, 2.05) is 0 Å². The molecule has 12 heteroatoms. The molecule has 0 fully saturated rings. The number of halogens is 4. The first kappa shape index (κ1) is 24.8. The molecule has 0 saturated carbocycles. The van der Waals surface area contributed by atoms with E-state index in [2.05, 4.69) is 10.2 Å². The van der Waals surface area contributed by atoms with Gasteiger partial charge < -0.3 is 18.9 Å². The third kappa shape index (κ3) is 4.65. The van der Waals surface area contributed by atoms with E-state index >= 15 is 0 Å². The van der Waals surface area contributed by atoms with E-state index in [0.29, 0.717) is 22.6 Å². The fourth-order valence-corrected chi connectivity index (χ4v) is 4.21. The summed E-state index contributed by atoms with van der Waals surface area (Å²) in [4.78, 5) is 12.4. The van der Waals surface area contributed by atoms with Crippen LogP contribution in [0.1, 0.15) is 48.3 Å². The van der Waals surface area contributed by atoms with Crippen LogP contribution in [0.3, 0.4) is 0 Å². The Morgan fingerprint density at radius 1 is 1.14 bits per heavy atom. The second-order valence-corrected chi connectivity index (χ2v) is 7.95. The van der Waals surface area contributed by atoms with Crippen LogP contribution in [-0.4, -0.2) is 41.6 Å². The molecule has 3 aromatic rings. The van der Waals surface area contributed by atoms with E-state index in [0.717, 1.165) is 4.57 Å². The van der Waals surface area contributed by atoms with Crippen molar-refractivity contribution in [2.45, 2.75) is 31.7 Å². The Bertz CT molecular complexity index is 1250. The molecule has 2 heterocycles. The van der Waals surface area contributed by atoms with Gasteiger partial charge in [-0.05, 0) is 31.2 Å². The first-order chi connectivity index (χ1) is 16.7. The number of fused-ring (bicyclic) bond motifs is 3. The summed E-state index contributed by atoms with van der Waals surface area (Å²) in [5.41, 5.74) is 0.849. The predicted molar refractivity (Wildman–Crippen MR) is 118 cm³/mol. The zero-order chi connectivity index (χ0) is 25.3. The van der Waals surface area contributed by atoms with Crippen molar-refractivity contribution in [2.75, 3.05) is 20.8 Å². The third-order valence-corrected chi connectivity index (χ3v) is 5.65. The van der Waals surface area contributed by atoms with Crippen molar-refractivity contribution in [1.82, 2.24) is 14.8 Å². The summed E-state index contributed by atoms with van der Waals surface area (Å²) < 4.78 is 65.0. The molecule has 0 radical (unpaired) electrons. The van der Waals surface area contributed by atoms with Crippen molar-refractivity contribution < 1.29 is 36.9 Å². The zero-order valence-electron chi connectivity index (χ0n) is 18.9. The lowest BCUT2D eigenvalue weighted by atomic mass is 9.98. The number of para-hydroxylation sites is 1. The monoisotopic (exact) mass is 511 g/mol. The summed E-state index contributed by atoms with van der Waals surface area (Å²) in [7, 11) is 2.89. The number of methoxy groups -OCH3 is 2. The summed E-state index contributed by atoms with van der Waals surface area (Å²) in [6.07, 6.45) is -7.46. The minimum Gasteiger partial charge on any atom is -0.493 e. The smallest absolute Gasteiger partial charge is 0.452 e. The van der Waals surface area contributed by atoms with Gasteiger partial charge in [-0.1, -0.05) is 23.7 Å². The van der Waals surface area contributed by atoms with Crippen molar-refractivity contribution in [1.29, 1.82) is 0 Å². The van der Waals surface area contributed by atoms with Crippen LogP contribution >= 0.6 is 11.6 Å². The number of nitrogens with zero attached hydrogens (tertiary/aromatic N) is 3. The number of alkyl halides is 3. The Labute approximate surface area is 203 Å². The summed E-state index contributed by atoms with van der Waals surface area (Å²) in [6.45, 7) is 1.72. The highest BCUT2D eigenvalue weighted by atomic mass is 35.5. The van der Waals surface area contributed by atoms with Crippen molar-refractivity contribution in [3.63, 3.8) is 0 Å². The van der Waals surface area contributed by atoms with Crippen LogP contribution in [0, 0.1) is 0 Å². The predicted octanol–water partition coefficient (Wildman–Crippen LogP) is 5.07. The summed E-state index contributed by atoms with van der Waals surface area (Å²) in [5.74, 6) is -1.42. The number of esters is 1. The standard InChI is InChI=1S/C23H21ClF3N3O5/c1-4-34-18(31)11-17-21-28-29-22(23(25,26)27)30(21)15-9-8-12(24)10-14(15)19(35-17)13-6-5-7-16(32-2)20(13)33-3/h5-10,17,19H,4,11H2,1-3H3/t17-,19-/m0/s1. The van der Waals surface area contributed by atoms with Crippen LogP contribution in [0.25, 0.3) is 5.69 Å². The number of benzene rings is 2. The maximum Gasteiger partial charge on any atom is 0.452 e. The zero-order valence-corrected chi connectivity index (χ0v) is 19.7. The highest BCUT2D eigenvalue weighted by Gasteiger charge is 2.44. The van der Waals surface area contributed by atoms with Crippen LogP contribution < -0.4 is 9.47 Å². The first-order valence-corrected chi connectivity index (χ1v) is 10.9. The van der Waals surface area contributed by atoms with Gasteiger partial charge in [-0.3, -0.25) is 9.36 Å². The van der Waals surface area contributed by atoms with E-state index in [1.54, 1.807) is 25.1 Å². The fourth-order valence-electron chi connectivity index (χ4n) is 4.03. The number of aromatic nitrogens is 3. The van der Waals surface area contributed by atoms with E-state index < -0.39 is 36.6 Å². The molecule has 186 valence electrons. The average Bonchev–Trinajstić information content (AvgIpc) is 3.22. The molecular weight excluding hydrogens is 491 g/mol. The molecule has 0 saturated heterocycles. The van der Waals surface area contributed by atoms with Gasteiger partial charge in [0.05, 0.1) is 32.9 Å². The van der Waals surface area contributed by atoms with E-state index in [-0.39, 0.29) is 23.1 Å². The fraction of sp³-hybridized carbons (Fsp3) is 0.348. The highest BCUT2D eigenvalue weighted by Crippen LogP contribution is 2.47. The van der Waals surface area contributed by atoms with Gasteiger partial charge >= 0.3 is 12.1 Å². The van der Waals surface area contributed by atoms with Crippen LogP contribution in [0.5, 0.6) is 11.5 Å². The number of hydrogen-bond acceptors (Lipinski definition) is 7. The molecule has 2 aromatic carbocycles. The van der Waals surface area contributed by atoms with Gasteiger partial charge in [0.15, 0.2) is 17.3 Å². The Morgan fingerprint density at radius 3 is 2.57 bits per heavy atom. The number of ether oxygens (including phenoxy) is 4. The van der Waals surface area contributed by atoms with Gasteiger partial charge in [0.1, 0.15) is 12.2 Å². The Morgan fingerprint density at radius 2 is 1.91 bits per heavy atom. The second kappa shape index (κ2) is 9.74. The first-order valence-electron chi connectivity index (χ1n) is 10.5. The molecule has 0 amide bonds. The molecule has 1 aromatic heterocycles. The summed E-state index contributed by atoms with van der Waals surface area (Å²) in [6, 6.07) is 9.43. The summed E-state index contributed by atoms with van der Waals surface area (Å²) >= 11 is 6.26. The quantitative estimate of drug-likeness (QED) is 0.427. The molecule has 35 heavy (non-hydrogen) atoms. The summed E-state index contributed by atoms with van der Waals surface area (Å²) in [5, 5.41) is 7.42. The maximum absolute atomic E-state index is 13.9. The Balaban J connectivity index is 2.00. The third-order valence-electron chi connectivity index (χ3n) is 5.42. The Kier molecular flexibility index (Phi) is 6.91. The number of carbonyl (C=O) groups is 1. The van der Waals surface area contributed by atoms with Gasteiger partial charge in [-0.15, -0.1) is 10.2 Å². The molecule has 1 aliphatic heterocycles. The molecule has 0 N–H and O–H groups in total. The van der Waals surface area contributed by atoms with Crippen molar-refractivity contribution >= 4 is 17.6 Å². The van der Waals surface area contributed by atoms with Crippen LogP contribution in [0.4, 0.5) is 13.2 Å². The Hall–Kier alpha value is -3.31.